The van der Waals surface area contributed by atoms with Gasteiger partial charge in [-0.15, -0.1) is 0 Å². The molecular weight excluding hydrogens is 429 g/mol. The first kappa shape index (κ1) is 23.2. The zero-order valence-corrected chi connectivity index (χ0v) is 19.8. The van der Waals surface area contributed by atoms with Crippen LogP contribution < -0.4 is 5.32 Å². The van der Waals surface area contributed by atoms with Crippen LogP contribution in [-0.4, -0.2) is 48.9 Å². The van der Waals surface area contributed by atoms with Crippen LogP contribution in [0.15, 0.2) is 48.7 Å². The van der Waals surface area contributed by atoms with E-state index in [0.29, 0.717) is 10.9 Å². The van der Waals surface area contributed by atoms with Gasteiger partial charge in [0, 0.05) is 56.5 Å². The third-order valence-corrected chi connectivity index (χ3v) is 6.91. The number of likely N-dealkylation sites (tertiary alicyclic amines) is 1. The summed E-state index contributed by atoms with van der Waals surface area (Å²) in [6, 6.07) is 12.6. The molecule has 1 aliphatic rings. The van der Waals surface area contributed by atoms with E-state index < -0.39 is 5.91 Å². The number of hydrogen-bond donors (Lipinski definition) is 1. The maximum Gasteiger partial charge on any atom is 0.225 e. The fraction of sp³-hybridized carbons (Fsp3) is 0.440. The number of rotatable bonds is 7. The first-order valence-corrected chi connectivity index (χ1v) is 11.4. The molecule has 3 aromatic rings. The first-order chi connectivity index (χ1) is 15.3. The molecule has 2 heterocycles. The summed E-state index contributed by atoms with van der Waals surface area (Å²) >= 11 is 6.32. The van der Waals surface area contributed by atoms with Gasteiger partial charge in [0.25, 0.3) is 0 Å². The highest BCUT2D eigenvalue weighted by Gasteiger charge is 2.31. The van der Waals surface area contributed by atoms with Gasteiger partial charge in [0.05, 0.1) is 11.7 Å². The number of fused-ring (bicyclic) bond motifs is 1. The van der Waals surface area contributed by atoms with Gasteiger partial charge in [-0.25, -0.2) is 4.39 Å². The molecule has 2 aromatic carbocycles. The van der Waals surface area contributed by atoms with E-state index in [1.54, 1.807) is 26.4 Å². The molecule has 0 radical (unpaired) electrons. The van der Waals surface area contributed by atoms with Crippen LogP contribution in [0.3, 0.4) is 0 Å². The third-order valence-electron chi connectivity index (χ3n) is 6.67. The van der Waals surface area contributed by atoms with E-state index in [1.165, 1.54) is 23.1 Å². The second kappa shape index (κ2) is 9.49. The predicted octanol–water partition coefficient (Wildman–Crippen LogP) is 5.50. The zero-order valence-electron chi connectivity index (χ0n) is 19.1. The van der Waals surface area contributed by atoms with Crippen molar-refractivity contribution in [1.29, 1.82) is 0 Å². The molecule has 5 nitrogen and oxygen atoms in total. The summed E-state index contributed by atoms with van der Waals surface area (Å²) in [5.74, 6) is -0.602. The maximum atomic E-state index is 13.5. The highest BCUT2D eigenvalue weighted by atomic mass is 35.5. The van der Waals surface area contributed by atoms with Gasteiger partial charge in [-0.1, -0.05) is 17.7 Å². The predicted molar refractivity (Wildman–Crippen MR) is 127 cm³/mol. The topological polar surface area (TPSA) is 38.7 Å². The quantitative estimate of drug-likeness (QED) is 0.473. The number of piperidine rings is 1. The standard InChI is InChI=1S/C25H31ClFN3O2/c1-17(28-25(2,31-3)32-4)29-13-11-18(12-14-29)23-16-30(21-8-6-20(27)7-9-21)24-15-19(26)5-10-22(23)24/h5-10,15-18,28H,11-14H2,1-4H3. The number of halogens is 2. The van der Waals surface area contributed by atoms with E-state index in [4.69, 9.17) is 21.1 Å². The molecule has 1 fully saturated rings. The van der Waals surface area contributed by atoms with E-state index in [1.807, 2.05) is 19.1 Å². The van der Waals surface area contributed by atoms with Crippen molar-refractivity contribution in [2.24, 2.45) is 0 Å². The molecule has 7 heteroatoms. The van der Waals surface area contributed by atoms with Crippen molar-refractivity contribution >= 4 is 22.5 Å². The van der Waals surface area contributed by atoms with Crippen LogP contribution >= 0.6 is 11.6 Å². The molecule has 172 valence electrons. The Labute approximate surface area is 194 Å². The van der Waals surface area contributed by atoms with Crippen LogP contribution in [0.2, 0.25) is 5.02 Å². The van der Waals surface area contributed by atoms with Crippen LogP contribution in [-0.2, 0) is 9.47 Å². The summed E-state index contributed by atoms with van der Waals surface area (Å²) in [6.07, 6.45) is 4.42. The molecule has 1 unspecified atom stereocenters. The summed E-state index contributed by atoms with van der Waals surface area (Å²) in [5, 5.41) is 5.31. The summed E-state index contributed by atoms with van der Waals surface area (Å²) in [7, 11) is 3.27. The summed E-state index contributed by atoms with van der Waals surface area (Å²) in [4.78, 5) is 2.42. The van der Waals surface area contributed by atoms with Gasteiger partial charge >= 0.3 is 0 Å². The van der Waals surface area contributed by atoms with Crippen molar-refractivity contribution < 1.29 is 13.9 Å². The van der Waals surface area contributed by atoms with Crippen molar-refractivity contribution in [3.8, 4) is 5.69 Å². The Bertz CT molecular complexity index is 1060. The average Bonchev–Trinajstić information content (AvgIpc) is 3.18. The number of benzene rings is 2. The fourth-order valence-electron chi connectivity index (χ4n) is 4.64. The largest absolute Gasteiger partial charge is 0.341 e. The molecule has 1 aromatic heterocycles. The highest BCUT2D eigenvalue weighted by Crippen LogP contribution is 2.37. The monoisotopic (exact) mass is 459 g/mol. The van der Waals surface area contributed by atoms with Crippen molar-refractivity contribution in [2.45, 2.75) is 44.7 Å². The van der Waals surface area contributed by atoms with E-state index in [0.717, 1.165) is 37.1 Å². The maximum absolute atomic E-state index is 13.5. The van der Waals surface area contributed by atoms with Crippen molar-refractivity contribution in [3.63, 3.8) is 0 Å². The number of aromatic nitrogens is 1. The number of methoxy groups -OCH3 is 2. The molecule has 1 N–H and O–H groups in total. The van der Waals surface area contributed by atoms with E-state index >= 15 is 0 Å². The number of hydrogen-bond acceptors (Lipinski definition) is 4. The van der Waals surface area contributed by atoms with Crippen LogP contribution in [0, 0.1) is 5.82 Å². The third kappa shape index (κ3) is 4.70. The lowest BCUT2D eigenvalue weighted by Crippen LogP contribution is -2.57. The van der Waals surface area contributed by atoms with Crippen molar-refractivity contribution in [1.82, 2.24) is 14.8 Å². The Morgan fingerprint density at radius 1 is 1.09 bits per heavy atom. The van der Waals surface area contributed by atoms with Gasteiger partial charge in [-0.2, -0.15) is 0 Å². The molecule has 32 heavy (non-hydrogen) atoms. The molecule has 4 rings (SSSR count). The zero-order chi connectivity index (χ0) is 22.9. The van der Waals surface area contributed by atoms with Gasteiger partial charge < -0.3 is 14.0 Å². The lowest BCUT2D eigenvalue weighted by Gasteiger charge is -2.40. The van der Waals surface area contributed by atoms with Gasteiger partial charge in [0.2, 0.25) is 5.91 Å². The van der Waals surface area contributed by atoms with Crippen molar-refractivity contribution in [3.05, 3.63) is 65.1 Å². The molecule has 0 spiro atoms. The molecule has 0 amide bonds. The molecule has 1 atom stereocenters. The van der Waals surface area contributed by atoms with E-state index in [2.05, 4.69) is 34.0 Å². The minimum Gasteiger partial charge on any atom is -0.341 e. The minimum atomic E-state index is -0.807. The highest BCUT2D eigenvalue weighted by molar-refractivity contribution is 6.31. The lowest BCUT2D eigenvalue weighted by molar-refractivity contribution is -0.225. The summed E-state index contributed by atoms with van der Waals surface area (Å²) < 4.78 is 26.5. The van der Waals surface area contributed by atoms with Crippen LogP contribution in [0.4, 0.5) is 4.39 Å². The molecule has 0 saturated carbocycles. The Morgan fingerprint density at radius 2 is 1.75 bits per heavy atom. The van der Waals surface area contributed by atoms with Crippen LogP contribution in [0.25, 0.3) is 16.6 Å². The molecule has 0 bridgehead atoms. The lowest BCUT2D eigenvalue weighted by atomic mass is 9.89. The molecular formula is C25H31ClFN3O2. The molecule has 1 aliphatic heterocycles. The van der Waals surface area contributed by atoms with Gasteiger partial charge in [-0.05, 0) is 67.6 Å². The van der Waals surface area contributed by atoms with E-state index in [9.17, 15) is 4.39 Å². The fourth-order valence-corrected chi connectivity index (χ4v) is 4.80. The smallest absolute Gasteiger partial charge is 0.225 e. The Morgan fingerprint density at radius 3 is 2.38 bits per heavy atom. The summed E-state index contributed by atoms with van der Waals surface area (Å²) in [6.45, 7) is 5.96. The SMILES string of the molecule is COC(C)(NC(C)N1CCC(c2cn(-c3ccc(F)cc3)c3cc(Cl)ccc23)CC1)OC. The minimum absolute atomic E-state index is 0.125. The van der Waals surface area contributed by atoms with Gasteiger partial charge in [-0.3, -0.25) is 10.2 Å². The first-order valence-electron chi connectivity index (χ1n) is 11.0. The Hall–Kier alpha value is -1.96. The second-order valence-electron chi connectivity index (χ2n) is 8.58. The molecule has 0 aliphatic carbocycles. The Balaban J connectivity index is 1.56. The summed E-state index contributed by atoms with van der Waals surface area (Å²) in [5.41, 5.74) is 3.30. The number of ether oxygens (including phenoxy) is 2. The number of nitrogens with one attached hydrogen (secondary N) is 1. The van der Waals surface area contributed by atoms with Gasteiger partial charge in [0.15, 0.2) is 0 Å². The second-order valence-corrected chi connectivity index (χ2v) is 9.01. The van der Waals surface area contributed by atoms with E-state index in [-0.39, 0.29) is 12.0 Å². The van der Waals surface area contributed by atoms with Crippen LogP contribution in [0.1, 0.15) is 38.2 Å². The normalized spacial score (nSPS) is 17.2. The van der Waals surface area contributed by atoms with Crippen LogP contribution in [0.5, 0.6) is 0 Å². The Kier molecular flexibility index (Phi) is 6.89. The molecule has 1 saturated heterocycles. The average molecular weight is 460 g/mol. The number of nitrogens with zero attached hydrogens (tertiary/aromatic N) is 2. The van der Waals surface area contributed by atoms with Gasteiger partial charge in [0.1, 0.15) is 5.82 Å². The van der Waals surface area contributed by atoms with Crippen molar-refractivity contribution in [2.75, 3.05) is 27.3 Å².